The summed E-state index contributed by atoms with van der Waals surface area (Å²) in [6.07, 6.45) is 12.6. The number of fused-ring (bicyclic) bond motifs is 6. The summed E-state index contributed by atoms with van der Waals surface area (Å²) in [6, 6.07) is 35.3. The van der Waals surface area contributed by atoms with Crippen LogP contribution in [0.1, 0.15) is 26.7 Å². The maximum absolute atomic E-state index is 4.28. The van der Waals surface area contributed by atoms with E-state index in [9.17, 15) is 0 Å². The summed E-state index contributed by atoms with van der Waals surface area (Å²) >= 11 is 0. The third-order valence-corrected chi connectivity index (χ3v) is 7.78. The molecule has 0 fully saturated rings. The Balaban J connectivity index is 1.64. The molecule has 7 aromatic rings. The van der Waals surface area contributed by atoms with Gasteiger partial charge in [-0.3, -0.25) is 4.98 Å². The molecule has 3 heteroatoms. The largest absolute Gasteiger partial charge is 0.310 e. The molecule has 7 rings (SSSR count). The average molecular weight is 518 g/mol. The lowest BCUT2D eigenvalue weighted by Crippen LogP contribution is -1.96. The van der Waals surface area contributed by atoms with Crippen LogP contribution in [0, 0.1) is 0 Å². The van der Waals surface area contributed by atoms with Crippen LogP contribution in [0.3, 0.4) is 0 Å². The quantitative estimate of drug-likeness (QED) is 0.201. The summed E-state index contributed by atoms with van der Waals surface area (Å²) in [4.78, 5) is 4.28. The highest BCUT2D eigenvalue weighted by Crippen LogP contribution is 2.40. The van der Waals surface area contributed by atoms with Crippen molar-refractivity contribution in [3.05, 3.63) is 128 Å². The van der Waals surface area contributed by atoms with E-state index in [4.69, 9.17) is 0 Å². The average Bonchev–Trinajstić information content (AvgIpc) is 3.50. The molecule has 194 valence electrons. The number of hydrogen-bond acceptors (Lipinski definition) is 1. The molecule has 0 bridgehead atoms. The van der Waals surface area contributed by atoms with Crippen LogP contribution in [0.4, 0.5) is 0 Å². The maximum Gasteiger partial charge on any atom is 0.0562 e. The molecule has 3 nitrogen and oxygen atoms in total. The van der Waals surface area contributed by atoms with Crippen molar-refractivity contribution in [1.29, 1.82) is 0 Å². The van der Waals surface area contributed by atoms with Gasteiger partial charge in [0.05, 0.1) is 22.1 Å². The van der Waals surface area contributed by atoms with E-state index in [2.05, 4.69) is 143 Å². The minimum absolute atomic E-state index is 0.964. The first-order valence-electron chi connectivity index (χ1n) is 14.1. The van der Waals surface area contributed by atoms with Gasteiger partial charge in [0.15, 0.2) is 0 Å². The van der Waals surface area contributed by atoms with Crippen molar-refractivity contribution in [3.8, 4) is 16.8 Å². The zero-order chi connectivity index (χ0) is 27.1. The molecule has 0 unspecified atom stereocenters. The number of rotatable bonds is 6. The van der Waals surface area contributed by atoms with E-state index in [1.54, 1.807) is 0 Å². The summed E-state index contributed by atoms with van der Waals surface area (Å²) in [5, 5.41) is 5.05. The van der Waals surface area contributed by atoms with Gasteiger partial charge in [0, 0.05) is 45.3 Å². The number of para-hydroxylation sites is 1. The van der Waals surface area contributed by atoms with Crippen molar-refractivity contribution in [3.63, 3.8) is 0 Å². The van der Waals surface area contributed by atoms with E-state index in [0.717, 1.165) is 18.5 Å². The second-order valence-corrected chi connectivity index (χ2v) is 10.2. The van der Waals surface area contributed by atoms with E-state index < -0.39 is 0 Å². The highest BCUT2D eigenvalue weighted by molar-refractivity contribution is 6.20. The molecule has 40 heavy (non-hydrogen) atoms. The fraction of sp³-hybridized carbons (Fsp3) is 0.108. The summed E-state index contributed by atoms with van der Waals surface area (Å²) in [6.45, 7) is 4.40. The number of allylic oxidation sites excluding steroid dienone is 4. The van der Waals surface area contributed by atoms with Gasteiger partial charge < -0.3 is 9.13 Å². The summed E-state index contributed by atoms with van der Waals surface area (Å²) < 4.78 is 4.82. The van der Waals surface area contributed by atoms with Crippen LogP contribution in [0.5, 0.6) is 0 Å². The van der Waals surface area contributed by atoms with Gasteiger partial charge >= 0.3 is 0 Å². The second-order valence-electron chi connectivity index (χ2n) is 10.2. The minimum atomic E-state index is 0.964. The lowest BCUT2D eigenvalue weighted by molar-refractivity contribution is 1.15. The van der Waals surface area contributed by atoms with Crippen molar-refractivity contribution in [2.24, 2.45) is 0 Å². The van der Waals surface area contributed by atoms with Gasteiger partial charge in [0.25, 0.3) is 0 Å². The molecule has 3 aromatic heterocycles. The smallest absolute Gasteiger partial charge is 0.0562 e. The highest BCUT2D eigenvalue weighted by Gasteiger charge is 2.19. The highest BCUT2D eigenvalue weighted by atomic mass is 15.0. The van der Waals surface area contributed by atoms with Gasteiger partial charge in [-0.1, -0.05) is 80.6 Å². The third kappa shape index (κ3) is 3.85. The predicted molar refractivity (Wildman–Crippen MR) is 171 cm³/mol. The Morgan fingerprint density at radius 2 is 1.38 bits per heavy atom. The molecule has 0 saturated heterocycles. The fourth-order valence-corrected chi connectivity index (χ4v) is 6.02. The molecule has 0 aliphatic carbocycles. The molecular formula is C37H31N3. The lowest BCUT2D eigenvalue weighted by atomic mass is 10.0. The lowest BCUT2D eigenvalue weighted by Gasteiger charge is -2.11. The van der Waals surface area contributed by atoms with Gasteiger partial charge in [-0.05, 0) is 72.5 Å². The molecule has 0 radical (unpaired) electrons. The summed E-state index contributed by atoms with van der Waals surface area (Å²) in [7, 11) is 0. The number of pyridine rings is 1. The van der Waals surface area contributed by atoms with E-state index in [0.29, 0.717) is 0 Å². The molecule has 0 aliphatic rings. The molecule has 0 saturated carbocycles. The van der Waals surface area contributed by atoms with Crippen LogP contribution in [0.15, 0.2) is 128 Å². The van der Waals surface area contributed by atoms with Crippen molar-refractivity contribution < 1.29 is 0 Å². The van der Waals surface area contributed by atoms with Crippen molar-refractivity contribution in [1.82, 2.24) is 14.1 Å². The van der Waals surface area contributed by atoms with Crippen LogP contribution >= 0.6 is 0 Å². The molecule has 0 atom stereocenters. The van der Waals surface area contributed by atoms with Gasteiger partial charge in [-0.2, -0.15) is 0 Å². The first-order valence-corrected chi connectivity index (χ1v) is 14.1. The van der Waals surface area contributed by atoms with E-state index in [1.807, 2.05) is 12.4 Å². The Kier molecular flexibility index (Phi) is 6.05. The second kappa shape index (κ2) is 10.0. The van der Waals surface area contributed by atoms with Gasteiger partial charge in [-0.25, -0.2) is 0 Å². The SMILES string of the molecule is CC/C=C\C(=C/CC)n1c2ccc(-c3ccccc3)cc2c2cc3c4ccccc4n(-c4ccncc4)c3cc21. The topological polar surface area (TPSA) is 22.8 Å². The van der Waals surface area contributed by atoms with Gasteiger partial charge in [0.2, 0.25) is 0 Å². The Bertz CT molecular complexity index is 2060. The zero-order valence-electron chi connectivity index (χ0n) is 22.9. The van der Waals surface area contributed by atoms with Crippen molar-refractivity contribution in [2.45, 2.75) is 26.7 Å². The predicted octanol–water partition coefficient (Wildman–Crippen LogP) is 10.2. The number of benzene rings is 4. The Hall–Kier alpha value is -4.89. The monoisotopic (exact) mass is 517 g/mol. The molecule has 4 aromatic carbocycles. The summed E-state index contributed by atoms with van der Waals surface area (Å²) in [5.74, 6) is 0. The van der Waals surface area contributed by atoms with Crippen LogP contribution < -0.4 is 0 Å². The van der Waals surface area contributed by atoms with Gasteiger partial charge in [-0.15, -0.1) is 0 Å². The molecule has 3 heterocycles. The molecule has 0 N–H and O–H groups in total. The Morgan fingerprint density at radius 3 is 2.17 bits per heavy atom. The maximum atomic E-state index is 4.28. The Morgan fingerprint density at radius 1 is 0.625 bits per heavy atom. The number of aromatic nitrogens is 3. The molecule has 0 aliphatic heterocycles. The fourth-order valence-electron chi connectivity index (χ4n) is 6.02. The molecular weight excluding hydrogens is 486 g/mol. The van der Waals surface area contributed by atoms with Crippen molar-refractivity contribution >= 4 is 49.3 Å². The van der Waals surface area contributed by atoms with Crippen molar-refractivity contribution in [2.75, 3.05) is 0 Å². The van der Waals surface area contributed by atoms with Crippen LogP contribution in [-0.4, -0.2) is 14.1 Å². The number of hydrogen-bond donors (Lipinski definition) is 0. The number of nitrogens with zero attached hydrogens (tertiary/aromatic N) is 3. The van der Waals surface area contributed by atoms with E-state index in [1.165, 1.54) is 60.4 Å². The van der Waals surface area contributed by atoms with Crippen LogP contribution in [0.2, 0.25) is 0 Å². The minimum Gasteiger partial charge on any atom is -0.310 e. The van der Waals surface area contributed by atoms with E-state index in [-0.39, 0.29) is 0 Å². The van der Waals surface area contributed by atoms with Crippen LogP contribution in [-0.2, 0) is 0 Å². The third-order valence-electron chi connectivity index (χ3n) is 7.78. The standard InChI is InChI=1S/C37H31N3/c1-3-5-14-28(11-4-2)39-35-18-17-27(26-12-7-6-8-13-26)23-31(35)33-24-32-30-15-9-10-16-34(30)40(36(32)25-37(33)39)29-19-21-38-22-20-29/h5-25H,3-4H2,1-2H3/b14-5-,28-11+. The first-order chi connectivity index (χ1) is 19.8. The normalized spacial score (nSPS) is 12.5. The molecule has 0 amide bonds. The summed E-state index contributed by atoms with van der Waals surface area (Å²) in [5.41, 5.74) is 9.63. The Labute approximate surface area is 234 Å². The first kappa shape index (κ1) is 24.2. The van der Waals surface area contributed by atoms with Gasteiger partial charge in [0.1, 0.15) is 0 Å². The zero-order valence-corrected chi connectivity index (χ0v) is 22.9. The van der Waals surface area contributed by atoms with E-state index >= 15 is 0 Å². The van der Waals surface area contributed by atoms with Crippen LogP contribution in [0.25, 0.3) is 66.1 Å². The molecule has 0 spiro atoms.